The molecule has 14 aromatic carbocycles. The minimum atomic E-state index is -0.450. The Morgan fingerprint density at radius 1 is 0.261 bits per heavy atom. The molecule has 1 aliphatic carbocycles. The number of carbonyl (C=O) groups is 7. The molecule has 0 saturated carbocycles. The Labute approximate surface area is 525 Å². The van der Waals surface area contributed by atoms with Crippen LogP contribution in [0.25, 0.3) is 109 Å². The highest BCUT2D eigenvalue weighted by Gasteiger charge is 2.42. The highest BCUT2D eigenvalue weighted by molar-refractivity contribution is 6.48. The predicted octanol–water partition coefficient (Wildman–Crippen LogP) is 17.9. The maximum absolute atomic E-state index is 15.2. The molecular weight excluding hydrogens is 1140 g/mol. The fourth-order valence-corrected chi connectivity index (χ4v) is 16.8. The second-order valence-electron chi connectivity index (χ2n) is 25.6. The second kappa shape index (κ2) is 18.0. The van der Waals surface area contributed by atoms with Gasteiger partial charge in [-0.2, -0.15) is 0 Å². The molecule has 0 saturated heterocycles. The van der Waals surface area contributed by atoms with Gasteiger partial charge in [-0.25, -0.2) is 14.7 Å². The van der Waals surface area contributed by atoms with Gasteiger partial charge in [0, 0.05) is 66.1 Å². The third kappa shape index (κ3) is 6.50. The first-order valence-corrected chi connectivity index (χ1v) is 30.7. The summed E-state index contributed by atoms with van der Waals surface area (Å²) < 4.78 is 0. The molecule has 4 aliphatic rings. The smallest absolute Gasteiger partial charge is 0.266 e. The third-order valence-corrected chi connectivity index (χ3v) is 20.5. The number of nitrogens with zero attached hydrogens (tertiary/aromatic N) is 3. The lowest BCUT2D eigenvalue weighted by molar-refractivity contribution is 0.0877. The van der Waals surface area contributed by atoms with E-state index in [1.165, 1.54) is 14.7 Å². The molecule has 18 rings (SSSR count). The minimum absolute atomic E-state index is 0.126. The van der Waals surface area contributed by atoms with Crippen LogP contribution >= 0.6 is 0 Å². The number of aryl methyl sites for hydroxylation is 8. The Kier molecular flexibility index (Phi) is 10.4. The molecule has 11 nitrogen and oxygen atoms in total. The lowest BCUT2D eigenvalue weighted by Crippen LogP contribution is -2.41. The van der Waals surface area contributed by atoms with Gasteiger partial charge in [-0.1, -0.05) is 97.1 Å². The van der Waals surface area contributed by atoms with E-state index in [-0.39, 0.29) is 40.7 Å². The molecule has 3 heterocycles. The van der Waals surface area contributed by atoms with E-state index in [4.69, 9.17) is 0 Å². The Hall–Kier alpha value is -11.7. The van der Waals surface area contributed by atoms with Gasteiger partial charge in [0.2, 0.25) is 0 Å². The van der Waals surface area contributed by atoms with Crippen LogP contribution in [0.2, 0.25) is 0 Å². The van der Waals surface area contributed by atoms with Gasteiger partial charge in [-0.05, 0) is 242 Å². The largest absolute Gasteiger partial charge is 0.507 e. The molecule has 14 aromatic rings. The fraction of sp³-hybridized carbons (Fsp3) is 0.0988. The number of amides is 6. The van der Waals surface area contributed by atoms with Crippen LogP contribution in [0.15, 0.2) is 158 Å². The van der Waals surface area contributed by atoms with Gasteiger partial charge in [0.25, 0.3) is 35.4 Å². The molecule has 0 atom stereocenters. The number of para-hydroxylation sites is 2. The summed E-state index contributed by atoms with van der Waals surface area (Å²) in [5, 5.41) is 24.6. The van der Waals surface area contributed by atoms with Gasteiger partial charge < -0.3 is 5.11 Å². The average molecular weight is 1190 g/mol. The number of anilines is 3. The van der Waals surface area contributed by atoms with Crippen molar-refractivity contribution in [2.75, 3.05) is 14.7 Å². The number of Topliss-reactive ketones (excluding diaryl/α,β-unsaturated/α-hetero) is 1. The van der Waals surface area contributed by atoms with Crippen molar-refractivity contribution in [2.45, 2.75) is 55.4 Å². The predicted molar refractivity (Wildman–Crippen MR) is 365 cm³/mol. The number of rotatable bonds is 5. The van der Waals surface area contributed by atoms with Gasteiger partial charge in [-0.3, -0.25) is 33.6 Å². The molecule has 438 valence electrons. The van der Waals surface area contributed by atoms with Crippen molar-refractivity contribution in [3.8, 4) is 11.1 Å². The summed E-state index contributed by atoms with van der Waals surface area (Å²) in [5.41, 5.74) is 13.9. The van der Waals surface area contributed by atoms with E-state index < -0.39 is 11.8 Å². The maximum Gasteiger partial charge on any atom is 0.266 e. The van der Waals surface area contributed by atoms with Crippen LogP contribution in [0.3, 0.4) is 0 Å². The summed E-state index contributed by atoms with van der Waals surface area (Å²) in [5.74, 6) is -2.88. The molecule has 0 unspecified atom stereocenters. The maximum atomic E-state index is 15.2. The number of benzene rings is 14. The van der Waals surface area contributed by atoms with Crippen molar-refractivity contribution in [3.05, 3.63) is 252 Å². The summed E-state index contributed by atoms with van der Waals surface area (Å²) in [4.78, 5) is 107. The van der Waals surface area contributed by atoms with E-state index >= 15 is 14.4 Å². The third-order valence-electron chi connectivity index (χ3n) is 20.5. The van der Waals surface area contributed by atoms with Gasteiger partial charge >= 0.3 is 0 Å². The molecule has 92 heavy (non-hydrogen) atoms. The number of aliphatic hydroxyl groups is 1. The standard InChI is InChI=1S/C81H51N3O8/c1-35-11-9-12-36(2)71(35)82-76(87)55-25-17-47-45-15-23-53-66-54(24-16-46(62(45)66)48-18-26-56(77(82)88)67(55)63(47)48)75(86)70(74(53)85)61-39(5)31-43(32-40(61)6)44-33-41(7)73(42(8)34-44)84-80(91)59-29-21-51-49-19-27-57-68-58(79(90)83(78(57)89)72-37(3)13-10-14-38(72)4)28-20-50(64(49)68)52-22-30-60(81(84)92)69(59)65(51)52/h9-34,85H,1-8H3. The normalized spacial score (nSPS) is 14.8. The van der Waals surface area contributed by atoms with E-state index in [1.807, 2.05) is 177 Å². The van der Waals surface area contributed by atoms with Crippen LogP contribution in [-0.4, -0.2) is 46.3 Å². The molecule has 0 radical (unpaired) electrons. The number of fused-ring (bicyclic) bond motifs is 4. The molecule has 0 bridgehead atoms. The van der Waals surface area contributed by atoms with Crippen molar-refractivity contribution in [1.29, 1.82) is 0 Å². The fourth-order valence-electron chi connectivity index (χ4n) is 16.8. The second-order valence-corrected chi connectivity index (χ2v) is 25.6. The van der Waals surface area contributed by atoms with E-state index in [1.54, 1.807) is 36.4 Å². The molecule has 0 spiro atoms. The van der Waals surface area contributed by atoms with Gasteiger partial charge in [0.05, 0.1) is 22.6 Å². The topological polar surface area (TPSA) is 149 Å². The van der Waals surface area contributed by atoms with Gasteiger partial charge in [-0.15, -0.1) is 0 Å². The SMILES string of the molecule is Cc1cc(-c2cc(C)c(N3C(=O)c4ccc5c6ccc7c8c(ccc(c9ccc(c4c59)C3=O)c86)C(=O)N(c3c(C)cccc3C)C7=O)c(C)c2)cc(C)c1C1=C(O)c2ccc3c4ccc5c6c(ccc(c7ccc(c2c73)C1=O)c64)C(=O)N(c1c(C)cccc1C)C5=O. The molecule has 0 fully saturated rings. The zero-order chi connectivity index (χ0) is 63.3. The van der Waals surface area contributed by atoms with Crippen molar-refractivity contribution in [1.82, 2.24) is 0 Å². The van der Waals surface area contributed by atoms with Crippen LogP contribution in [0.1, 0.15) is 128 Å². The summed E-state index contributed by atoms with van der Waals surface area (Å²) in [6.07, 6.45) is 0. The van der Waals surface area contributed by atoms with Crippen molar-refractivity contribution in [2.24, 2.45) is 0 Å². The van der Waals surface area contributed by atoms with E-state index in [0.717, 1.165) is 109 Å². The average Bonchev–Trinajstić information content (AvgIpc) is 0.694. The van der Waals surface area contributed by atoms with E-state index in [2.05, 4.69) is 0 Å². The summed E-state index contributed by atoms with van der Waals surface area (Å²) in [6, 6.07) is 49.3. The number of aliphatic hydroxyl groups excluding tert-OH is 1. The Balaban J connectivity index is 0.690. The van der Waals surface area contributed by atoms with Crippen LogP contribution < -0.4 is 14.7 Å². The number of allylic oxidation sites excluding steroid dienone is 1. The summed E-state index contributed by atoms with van der Waals surface area (Å²) in [7, 11) is 0. The first-order valence-electron chi connectivity index (χ1n) is 30.7. The van der Waals surface area contributed by atoms with Crippen LogP contribution in [-0.2, 0) is 0 Å². The monoisotopic (exact) mass is 1190 g/mol. The Bertz CT molecular complexity index is 5820. The summed E-state index contributed by atoms with van der Waals surface area (Å²) >= 11 is 0. The lowest BCUT2D eigenvalue weighted by atomic mass is 9.77. The highest BCUT2D eigenvalue weighted by Crippen LogP contribution is 2.52. The van der Waals surface area contributed by atoms with Crippen LogP contribution in [0.4, 0.5) is 17.1 Å². The Morgan fingerprint density at radius 3 is 0.793 bits per heavy atom. The van der Waals surface area contributed by atoms with Gasteiger partial charge in [0.1, 0.15) is 5.76 Å². The molecule has 11 heteroatoms. The highest BCUT2D eigenvalue weighted by atomic mass is 16.3. The quantitative estimate of drug-likeness (QED) is 0.102. The van der Waals surface area contributed by atoms with Gasteiger partial charge in [0.15, 0.2) is 5.78 Å². The van der Waals surface area contributed by atoms with Crippen molar-refractivity contribution < 1.29 is 38.7 Å². The lowest BCUT2D eigenvalue weighted by Gasteiger charge is -2.32. The first kappa shape index (κ1) is 53.3. The number of ketones is 1. The summed E-state index contributed by atoms with van der Waals surface area (Å²) in [6.45, 7) is 15.3. The molecular formula is C81H51N3O8. The van der Waals surface area contributed by atoms with E-state index in [0.29, 0.717) is 99.8 Å². The van der Waals surface area contributed by atoms with E-state index in [9.17, 15) is 24.3 Å². The molecule has 6 amide bonds. The minimum Gasteiger partial charge on any atom is -0.507 e. The van der Waals surface area contributed by atoms with Crippen LogP contribution in [0, 0.1) is 55.4 Å². The molecule has 1 N–H and O–H groups in total. The zero-order valence-corrected chi connectivity index (χ0v) is 51.2. The number of imide groups is 3. The molecule has 0 aromatic heterocycles. The number of hydrogen-bond acceptors (Lipinski definition) is 8. The van der Waals surface area contributed by atoms with Crippen LogP contribution in [0.5, 0.6) is 0 Å². The Morgan fingerprint density at radius 2 is 0.500 bits per heavy atom. The first-order chi connectivity index (χ1) is 44.3. The number of hydrogen-bond donors (Lipinski definition) is 1. The molecule has 3 aliphatic heterocycles. The zero-order valence-electron chi connectivity index (χ0n) is 51.2. The van der Waals surface area contributed by atoms with Crippen molar-refractivity contribution >= 4 is 156 Å². The number of carbonyl (C=O) groups excluding carboxylic acids is 7. The van der Waals surface area contributed by atoms with Crippen molar-refractivity contribution in [3.63, 3.8) is 0 Å².